The lowest BCUT2D eigenvalue weighted by atomic mass is 9.83. The van der Waals surface area contributed by atoms with Crippen LogP contribution in [0.4, 0.5) is 0 Å². The molecule has 2 fully saturated rings. The maximum atomic E-state index is 4.05. The topological polar surface area (TPSA) is 37.8 Å². The van der Waals surface area contributed by atoms with Gasteiger partial charge in [-0.15, -0.1) is 0 Å². The summed E-state index contributed by atoms with van der Waals surface area (Å²) in [4.78, 5) is 0. The lowest BCUT2D eigenvalue weighted by Gasteiger charge is -2.27. The number of hydrogen-bond donors (Lipinski definition) is 1. The molecule has 0 saturated heterocycles. The second-order valence-electron chi connectivity index (χ2n) is 6.35. The highest BCUT2D eigenvalue weighted by Crippen LogP contribution is 2.50. The molecule has 3 rings (SSSR count). The highest BCUT2D eigenvalue weighted by atomic mass is 15.1. The van der Waals surface area contributed by atoms with E-state index in [9.17, 15) is 0 Å². The standard InChI is InChI=1S/C16H25N3/c1-2-6-17-16(14-5-7-18-19-11-14)10-15-9-12-3-4-13(15)8-12/h5,7,11-13,15-17H,2-4,6,8-10H2,1H3. The molecule has 2 saturated carbocycles. The summed E-state index contributed by atoms with van der Waals surface area (Å²) in [6.07, 6.45) is 12.2. The minimum atomic E-state index is 0.472. The maximum Gasteiger partial charge on any atom is 0.0544 e. The van der Waals surface area contributed by atoms with Gasteiger partial charge in [-0.05, 0) is 68.0 Å². The second-order valence-corrected chi connectivity index (χ2v) is 6.35. The van der Waals surface area contributed by atoms with E-state index in [2.05, 4.69) is 28.5 Å². The molecule has 1 aromatic heterocycles. The van der Waals surface area contributed by atoms with E-state index in [4.69, 9.17) is 0 Å². The van der Waals surface area contributed by atoms with Crippen LogP contribution in [0.25, 0.3) is 0 Å². The fraction of sp³-hybridized carbons (Fsp3) is 0.750. The Morgan fingerprint density at radius 2 is 2.26 bits per heavy atom. The zero-order valence-corrected chi connectivity index (χ0v) is 11.9. The van der Waals surface area contributed by atoms with Gasteiger partial charge in [0.1, 0.15) is 0 Å². The summed E-state index contributed by atoms with van der Waals surface area (Å²) < 4.78 is 0. The average Bonchev–Trinajstić information content (AvgIpc) is 3.07. The zero-order chi connectivity index (χ0) is 13.1. The van der Waals surface area contributed by atoms with Crippen LogP contribution in [0.2, 0.25) is 0 Å². The highest BCUT2D eigenvalue weighted by molar-refractivity contribution is 5.12. The van der Waals surface area contributed by atoms with E-state index in [1.807, 2.05) is 12.4 Å². The molecule has 1 heterocycles. The second kappa shape index (κ2) is 6.00. The molecular weight excluding hydrogens is 234 g/mol. The molecule has 3 nitrogen and oxygen atoms in total. The Kier molecular flexibility index (Phi) is 4.12. The van der Waals surface area contributed by atoms with Crippen molar-refractivity contribution in [1.29, 1.82) is 0 Å². The van der Waals surface area contributed by atoms with Crippen LogP contribution < -0.4 is 5.32 Å². The quantitative estimate of drug-likeness (QED) is 0.851. The monoisotopic (exact) mass is 259 g/mol. The van der Waals surface area contributed by atoms with Gasteiger partial charge in [-0.1, -0.05) is 13.3 Å². The summed E-state index contributed by atoms with van der Waals surface area (Å²) in [5.41, 5.74) is 1.31. The number of aromatic nitrogens is 2. The van der Waals surface area contributed by atoms with Gasteiger partial charge in [0.2, 0.25) is 0 Å². The Morgan fingerprint density at radius 1 is 1.32 bits per heavy atom. The first kappa shape index (κ1) is 13.0. The molecular formula is C16H25N3. The van der Waals surface area contributed by atoms with Gasteiger partial charge in [0.15, 0.2) is 0 Å². The van der Waals surface area contributed by atoms with Crippen LogP contribution in [0.15, 0.2) is 18.5 Å². The van der Waals surface area contributed by atoms with E-state index in [1.54, 1.807) is 0 Å². The summed E-state index contributed by atoms with van der Waals surface area (Å²) in [5, 5.41) is 11.7. The lowest BCUT2D eigenvalue weighted by molar-refractivity contribution is 0.279. The molecule has 1 N–H and O–H groups in total. The van der Waals surface area contributed by atoms with E-state index < -0.39 is 0 Å². The number of nitrogens with zero attached hydrogens (tertiary/aromatic N) is 2. The Balaban J connectivity index is 1.66. The van der Waals surface area contributed by atoms with E-state index >= 15 is 0 Å². The van der Waals surface area contributed by atoms with Crippen molar-refractivity contribution in [2.45, 2.75) is 51.5 Å². The average molecular weight is 259 g/mol. The first-order valence-electron chi connectivity index (χ1n) is 7.86. The van der Waals surface area contributed by atoms with Gasteiger partial charge in [-0.3, -0.25) is 0 Å². The molecule has 0 aromatic carbocycles. The van der Waals surface area contributed by atoms with E-state index in [0.717, 1.165) is 24.3 Å². The van der Waals surface area contributed by atoms with E-state index in [0.29, 0.717) is 6.04 Å². The molecule has 19 heavy (non-hydrogen) atoms. The van der Waals surface area contributed by atoms with Gasteiger partial charge in [0.05, 0.1) is 6.20 Å². The lowest BCUT2D eigenvalue weighted by Crippen LogP contribution is -2.26. The van der Waals surface area contributed by atoms with Crippen molar-refractivity contribution in [3.8, 4) is 0 Å². The molecule has 104 valence electrons. The van der Waals surface area contributed by atoms with Crippen molar-refractivity contribution >= 4 is 0 Å². The van der Waals surface area contributed by atoms with Crippen molar-refractivity contribution in [3.63, 3.8) is 0 Å². The van der Waals surface area contributed by atoms with Crippen LogP contribution in [-0.2, 0) is 0 Å². The Hall–Kier alpha value is -0.960. The van der Waals surface area contributed by atoms with Crippen molar-refractivity contribution < 1.29 is 0 Å². The smallest absolute Gasteiger partial charge is 0.0544 e. The minimum absolute atomic E-state index is 0.472. The minimum Gasteiger partial charge on any atom is -0.310 e. The van der Waals surface area contributed by atoms with Crippen molar-refractivity contribution in [1.82, 2.24) is 15.5 Å². The first-order valence-corrected chi connectivity index (χ1v) is 7.86. The molecule has 1 aromatic rings. The molecule has 2 aliphatic rings. The van der Waals surface area contributed by atoms with Gasteiger partial charge >= 0.3 is 0 Å². The van der Waals surface area contributed by atoms with Gasteiger partial charge in [-0.2, -0.15) is 10.2 Å². The fourth-order valence-corrected chi connectivity index (χ4v) is 4.13. The summed E-state index contributed by atoms with van der Waals surface area (Å²) in [6, 6.07) is 2.59. The predicted octanol–water partition coefficient (Wildman–Crippen LogP) is 3.34. The molecule has 2 bridgehead atoms. The number of hydrogen-bond acceptors (Lipinski definition) is 3. The summed E-state index contributed by atoms with van der Waals surface area (Å²) in [7, 11) is 0. The third kappa shape index (κ3) is 2.97. The third-order valence-electron chi connectivity index (χ3n) is 5.07. The van der Waals surface area contributed by atoms with Crippen LogP contribution in [0, 0.1) is 17.8 Å². The third-order valence-corrected chi connectivity index (χ3v) is 5.07. The molecule has 2 aliphatic carbocycles. The molecule has 4 atom stereocenters. The largest absolute Gasteiger partial charge is 0.310 e. The van der Waals surface area contributed by atoms with Crippen molar-refractivity contribution in [2.75, 3.05) is 6.54 Å². The van der Waals surface area contributed by atoms with E-state index in [-0.39, 0.29) is 0 Å². The number of fused-ring (bicyclic) bond motifs is 2. The van der Waals surface area contributed by atoms with Crippen molar-refractivity contribution in [3.05, 3.63) is 24.0 Å². The summed E-state index contributed by atoms with van der Waals surface area (Å²) >= 11 is 0. The molecule has 0 aliphatic heterocycles. The number of nitrogens with one attached hydrogen (secondary N) is 1. The molecule has 4 unspecified atom stereocenters. The first-order chi connectivity index (χ1) is 9.36. The van der Waals surface area contributed by atoms with Crippen LogP contribution in [0.5, 0.6) is 0 Å². The van der Waals surface area contributed by atoms with E-state index in [1.165, 1.54) is 44.1 Å². The van der Waals surface area contributed by atoms with Gasteiger partial charge in [0.25, 0.3) is 0 Å². The molecule has 0 amide bonds. The van der Waals surface area contributed by atoms with Crippen LogP contribution in [0.1, 0.15) is 57.1 Å². The Labute approximate surface area is 116 Å². The highest BCUT2D eigenvalue weighted by Gasteiger charge is 2.40. The van der Waals surface area contributed by atoms with Gasteiger partial charge in [0, 0.05) is 12.2 Å². The molecule has 0 spiro atoms. The summed E-state index contributed by atoms with van der Waals surface area (Å²) in [6.45, 7) is 3.32. The Morgan fingerprint density at radius 3 is 2.89 bits per heavy atom. The normalized spacial score (nSPS) is 30.7. The molecule has 3 heteroatoms. The van der Waals surface area contributed by atoms with Crippen LogP contribution in [0.3, 0.4) is 0 Å². The zero-order valence-electron chi connectivity index (χ0n) is 11.9. The molecule has 0 radical (unpaired) electrons. The maximum absolute atomic E-state index is 4.05. The SMILES string of the molecule is CCCNC(CC1CC2CCC1C2)c1ccnnc1. The van der Waals surface area contributed by atoms with Crippen LogP contribution in [-0.4, -0.2) is 16.7 Å². The predicted molar refractivity (Wildman–Crippen MR) is 76.6 cm³/mol. The number of rotatable bonds is 6. The van der Waals surface area contributed by atoms with Crippen molar-refractivity contribution in [2.24, 2.45) is 17.8 Å². The Bertz CT molecular complexity index is 392. The van der Waals surface area contributed by atoms with Gasteiger partial charge < -0.3 is 5.32 Å². The fourth-order valence-electron chi connectivity index (χ4n) is 4.13. The summed E-state index contributed by atoms with van der Waals surface area (Å²) in [5.74, 6) is 2.98. The van der Waals surface area contributed by atoms with Gasteiger partial charge in [-0.25, -0.2) is 0 Å². The van der Waals surface area contributed by atoms with Crippen LogP contribution >= 0.6 is 0 Å².